The molecule has 0 amide bonds. The Hall–Kier alpha value is -0.340. The molecule has 0 spiro atoms. The molecule has 1 heterocycles. The second-order valence-electron chi connectivity index (χ2n) is 6.39. The summed E-state index contributed by atoms with van der Waals surface area (Å²) in [6, 6.07) is 4.69. The summed E-state index contributed by atoms with van der Waals surface area (Å²) in [5, 5.41) is 3.53. The number of nitrogens with one attached hydrogen (secondary N) is 1. The largest absolute Gasteiger partial charge is 0.317 e. The van der Waals surface area contributed by atoms with E-state index in [0.717, 1.165) is 6.54 Å². The van der Waals surface area contributed by atoms with Crippen molar-refractivity contribution in [1.82, 2.24) is 5.32 Å². The smallest absolute Gasteiger partial charge is 0.00483 e. The standard InChI is InChI=1S/C18H31NS/c1-3-16-8-9-17(20-16)10-13-18(14-15-19-4-2)11-6-5-7-12-18/h8-9,19H,3-7,10-15H2,1-2H3. The van der Waals surface area contributed by atoms with E-state index in [1.807, 2.05) is 11.3 Å². The first-order valence-electron chi connectivity index (χ1n) is 8.56. The fraction of sp³-hybridized carbons (Fsp3) is 0.778. The van der Waals surface area contributed by atoms with Gasteiger partial charge < -0.3 is 5.32 Å². The molecule has 0 aliphatic heterocycles. The third kappa shape index (κ3) is 4.60. The van der Waals surface area contributed by atoms with Gasteiger partial charge in [-0.15, -0.1) is 11.3 Å². The zero-order chi connectivity index (χ0) is 14.3. The van der Waals surface area contributed by atoms with Crippen molar-refractivity contribution < 1.29 is 0 Å². The predicted molar refractivity (Wildman–Crippen MR) is 90.7 cm³/mol. The minimum Gasteiger partial charge on any atom is -0.317 e. The molecule has 114 valence electrons. The topological polar surface area (TPSA) is 12.0 Å². The summed E-state index contributed by atoms with van der Waals surface area (Å²) >= 11 is 2.03. The maximum atomic E-state index is 3.53. The van der Waals surface area contributed by atoms with Gasteiger partial charge in [0.1, 0.15) is 0 Å². The lowest BCUT2D eigenvalue weighted by molar-refractivity contribution is 0.157. The van der Waals surface area contributed by atoms with E-state index in [4.69, 9.17) is 0 Å². The van der Waals surface area contributed by atoms with Gasteiger partial charge in [-0.1, -0.05) is 33.1 Å². The van der Waals surface area contributed by atoms with Crippen LogP contribution in [-0.4, -0.2) is 13.1 Å². The zero-order valence-electron chi connectivity index (χ0n) is 13.3. The number of thiophene rings is 1. The fourth-order valence-electron chi connectivity index (χ4n) is 3.59. The lowest BCUT2D eigenvalue weighted by Gasteiger charge is -2.37. The minimum absolute atomic E-state index is 0.636. The Morgan fingerprint density at radius 2 is 1.80 bits per heavy atom. The fourth-order valence-corrected chi connectivity index (χ4v) is 4.55. The Labute approximate surface area is 129 Å². The second-order valence-corrected chi connectivity index (χ2v) is 7.64. The van der Waals surface area contributed by atoms with E-state index >= 15 is 0 Å². The molecule has 0 radical (unpaired) electrons. The molecular weight excluding hydrogens is 262 g/mol. The summed E-state index contributed by atoms with van der Waals surface area (Å²) < 4.78 is 0. The molecule has 20 heavy (non-hydrogen) atoms. The summed E-state index contributed by atoms with van der Waals surface area (Å²) in [5.74, 6) is 0. The van der Waals surface area contributed by atoms with E-state index in [1.54, 1.807) is 9.75 Å². The van der Waals surface area contributed by atoms with Crippen LogP contribution in [0, 0.1) is 5.41 Å². The molecule has 0 atom stereocenters. The van der Waals surface area contributed by atoms with Crippen LogP contribution in [0.5, 0.6) is 0 Å². The van der Waals surface area contributed by atoms with Crippen LogP contribution in [0.3, 0.4) is 0 Å². The zero-order valence-corrected chi connectivity index (χ0v) is 14.2. The van der Waals surface area contributed by atoms with Gasteiger partial charge in [0.05, 0.1) is 0 Å². The molecule has 0 bridgehead atoms. The van der Waals surface area contributed by atoms with E-state index in [0.29, 0.717) is 5.41 Å². The molecule has 1 N–H and O–H groups in total. The van der Waals surface area contributed by atoms with Crippen molar-refractivity contribution in [3.8, 4) is 0 Å². The third-order valence-electron chi connectivity index (χ3n) is 4.96. The van der Waals surface area contributed by atoms with Crippen LogP contribution in [0.2, 0.25) is 0 Å². The molecule has 0 aromatic carbocycles. The number of hydrogen-bond acceptors (Lipinski definition) is 2. The molecule has 2 heteroatoms. The molecule has 1 nitrogen and oxygen atoms in total. The molecule has 1 aliphatic rings. The molecule has 1 aromatic heterocycles. The molecule has 2 rings (SSSR count). The predicted octanol–water partition coefficient (Wildman–Crippen LogP) is 5.19. The van der Waals surface area contributed by atoms with Crippen molar-refractivity contribution in [2.24, 2.45) is 5.41 Å². The number of hydrogen-bond donors (Lipinski definition) is 1. The van der Waals surface area contributed by atoms with Gasteiger partial charge in [0, 0.05) is 9.75 Å². The molecule has 0 unspecified atom stereocenters. The van der Waals surface area contributed by atoms with Crippen molar-refractivity contribution in [3.05, 3.63) is 21.9 Å². The summed E-state index contributed by atoms with van der Waals surface area (Å²) in [6.45, 7) is 6.79. The van der Waals surface area contributed by atoms with Gasteiger partial charge in [-0.3, -0.25) is 0 Å². The monoisotopic (exact) mass is 293 g/mol. The maximum Gasteiger partial charge on any atom is 0.00483 e. The summed E-state index contributed by atoms with van der Waals surface area (Å²) in [5.41, 5.74) is 0.636. The van der Waals surface area contributed by atoms with Gasteiger partial charge in [-0.25, -0.2) is 0 Å². The highest BCUT2D eigenvalue weighted by Gasteiger charge is 2.31. The van der Waals surface area contributed by atoms with Crippen molar-refractivity contribution >= 4 is 11.3 Å². The van der Waals surface area contributed by atoms with Crippen molar-refractivity contribution in [1.29, 1.82) is 0 Å². The summed E-state index contributed by atoms with van der Waals surface area (Å²) in [4.78, 5) is 3.15. The SMILES string of the molecule is CCNCCC1(CCc2ccc(CC)s2)CCCCC1. The normalized spacial score (nSPS) is 18.3. The van der Waals surface area contributed by atoms with Crippen LogP contribution >= 0.6 is 11.3 Å². The van der Waals surface area contributed by atoms with Crippen LogP contribution in [-0.2, 0) is 12.8 Å². The van der Waals surface area contributed by atoms with Crippen molar-refractivity contribution in [2.75, 3.05) is 13.1 Å². The van der Waals surface area contributed by atoms with Gasteiger partial charge in [0.2, 0.25) is 0 Å². The highest BCUT2D eigenvalue weighted by Crippen LogP contribution is 2.43. The van der Waals surface area contributed by atoms with Crippen LogP contribution < -0.4 is 5.32 Å². The van der Waals surface area contributed by atoms with Gasteiger partial charge in [0.15, 0.2) is 0 Å². The molecule has 1 saturated carbocycles. The molecule has 1 fully saturated rings. The Morgan fingerprint density at radius 3 is 2.45 bits per heavy atom. The molecule has 0 saturated heterocycles. The molecule has 1 aliphatic carbocycles. The third-order valence-corrected chi connectivity index (χ3v) is 6.25. The highest BCUT2D eigenvalue weighted by molar-refractivity contribution is 7.11. The first-order chi connectivity index (χ1) is 9.78. The van der Waals surface area contributed by atoms with E-state index in [1.165, 1.54) is 64.3 Å². The number of rotatable bonds is 8. The van der Waals surface area contributed by atoms with Crippen molar-refractivity contribution in [3.63, 3.8) is 0 Å². The minimum atomic E-state index is 0.636. The first kappa shape index (κ1) is 16.0. The van der Waals surface area contributed by atoms with E-state index in [2.05, 4.69) is 31.3 Å². The van der Waals surface area contributed by atoms with E-state index in [9.17, 15) is 0 Å². The van der Waals surface area contributed by atoms with E-state index in [-0.39, 0.29) is 0 Å². The average Bonchev–Trinajstić information content (AvgIpc) is 2.95. The van der Waals surface area contributed by atoms with Gasteiger partial charge in [-0.05, 0) is 69.2 Å². The Kier molecular flexibility index (Phi) is 6.57. The highest BCUT2D eigenvalue weighted by atomic mass is 32.1. The van der Waals surface area contributed by atoms with Crippen LogP contribution in [0.1, 0.15) is 68.5 Å². The number of aryl methyl sites for hydroxylation is 2. The average molecular weight is 294 g/mol. The quantitative estimate of drug-likeness (QED) is 0.650. The Morgan fingerprint density at radius 1 is 1.05 bits per heavy atom. The first-order valence-corrected chi connectivity index (χ1v) is 9.38. The van der Waals surface area contributed by atoms with E-state index < -0.39 is 0 Å². The summed E-state index contributed by atoms with van der Waals surface area (Å²) in [6.07, 6.45) is 12.6. The molecule has 1 aromatic rings. The lowest BCUT2D eigenvalue weighted by atomic mass is 9.69. The van der Waals surface area contributed by atoms with Crippen molar-refractivity contribution in [2.45, 2.75) is 71.6 Å². The van der Waals surface area contributed by atoms with Gasteiger partial charge in [-0.2, -0.15) is 0 Å². The van der Waals surface area contributed by atoms with Crippen LogP contribution in [0.25, 0.3) is 0 Å². The second kappa shape index (κ2) is 8.19. The Bertz CT molecular complexity index is 377. The van der Waals surface area contributed by atoms with Crippen LogP contribution in [0.4, 0.5) is 0 Å². The lowest BCUT2D eigenvalue weighted by Crippen LogP contribution is -2.29. The van der Waals surface area contributed by atoms with Crippen LogP contribution in [0.15, 0.2) is 12.1 Å². The maximum absolute atomic E-state index is 3.53. The Balaban J connectivity index is 1.89. The van der Waals surface area contributed by atoms with Gasteiger partial charge >= 0.3 is 0 Å². The summed E-state index contributed by atoms with van der Waals surface area (Å²) in [7, 11) is 0. The van der Waals surface area contributed by atoms with Gasteiger partial charge in [0.25, 0.3) is 0 Å². The molecular formula is C18H31NS.